The molecule has 4 heteroatoms. The minimum Gasteiger partial charge on any atom is -0.461 e. The third-order valence-corrected chi connectivity index (χ3v) is 2.16. The molecule has 0 bridgehead atoms. The minimum atomic E-state index is -0.566. The predicted octanol–water partition coefficient (Wildman–Crippen LogP) is 3.47. The van der Waals surface area contributed by atoms with Gasteiger partial charge in [-0.15, -0.1) is 0 Å². The van der Waals surface area contributed by atoms with E-state index >= 15 is 0 Å². The molecule has 12 heavy (non-hydrogen) atoms. The average molecular weight is 233 g/mol. The Bertz CT molecular complexity index is 436. The fraction of sp³-hybridized carbons (Fsp3) is 0. The number of benzene rings is 1. The molecule has 0 saturated heterocycles. The van der Waals surface area contributed by atoms with E-state index in [0.29, 0.717) is 0 Å². The van der Waals surface area contributed by atoms with Crippen LogP contribution in [0.1, 0.15) is 0 Å². The molecule has 0 N–H and O–H groups in total. The molecule has 1 aromatic carbocycles. The Morgan fingerprint density at radius 3 is 2.83 bits per heavy atom. The molecule has 62 valence electrons. The summed E-state index contributed by atoms with van der Waals surface area (Å²) in [6.07, 6.45) is 1.25. The molecular weight excluding hydrogens is 230 g/mol. The zero-order valence-electron chi connectivity index (χ0n) is 5.77. The summed E-state index contributed by atoms with van der Waals surface area (Å²) in [7, 11) is 0. The maximum absolute atomic E-state index is 13.1. The summed E-state index contributed by atoms with van der Waals surface area (Å²) in [5.74, 6) is -1.07. The van der Waals surface area contributed by atoms with Crippen LogP contribution in [0.25, 0.3) is 11.0 Å². The highest BCUT2D eigenvalue weighted by molar-refractivity contribution is 9.10. The molecule has 0 aliphatic carbocycles. The molecular formula is C8H3BrF2O. The van der Waals surface area contributed by atoms with Gasteiger partial charge >= 0.3 is 0 Å². The van der Waals surface area contributed by atoms with Gasteiger partial charge in [0.2, 0.25) is 0 Å². The molecule has 0 amide bonds. The van der Waals surface area contributed by atoms with Gasteiger partial charge in [-0.05, 0) is 28.1 Å². The van der Waals surface area contributed by atoms with Crippen LogP contribution in [0, 0.1) is 11.6 Å². The molecule has 0 fully saturated rings. The molecule has 0 aliphatic rings. The maximum Gasteiger partial charge on any atom is 0.172 e. The molecule has 2 rings (SSSR count). The molecule has 1 aromatic heterocycles. The van der Waals surface area contributed by atoms with Gasteiger partial charge in [0.15, 0.2) is 11.4 Å². The topological polar surface area (TPSA) is 13.1 Å². The van der Waals surface area contributed by atoms with Crippen LogP contribution in [0.3, 0.4) is 0 Å². The van der Waals surface area contributed by atoms with Crippen molar-refractivity contribution < 1.29 is 13.2 Å². The molecule has 0 aliphatic heterocycles. The van der Waals surface area contributed by atoms with E-state index in [1.165, 1.54) is 12.3 Å². The lowest BCUT2D eigenvalue weighted by atomic mass is 10.2. The molecule has 2 aromatic rings. The van der Waals surface area contributed by atoms with Gasteiger partial charge in [-0.3, -0.25) is 0 Å². The van der Waals surface area contributed by atoms with E-state index in [0.717, 1.165) is 6.07 Å². The average Bonchev–Trinajstić information content (AvgIpc) is 2.48. The summed E-state index contributed by atoms with van der Waals surface area (Å²) in [6, 6.07) is 2.43. The Balaban J connectivity index is 2.97. The lowest BCUT2D eigenvalue weighted by Gasteiger charge is -1.95. The van der Waals surface area contributed by atoms with Gasteiger partial charge in [0, 0.05) is 0 Å². The molecule has 0 saturated carbocycles. The molecule has 0 atom stereocenters. The van der Waals surface area contributed by atoms with E-state index in [9.17, 15) is 8.78 Å². The van der Waals surface area contributed by atoms with E-state index in [-0.39, 0.29) is 15.4 Å². The molecule has 1 nitrogen and oxygen atoms in total. The van der Waals surface area contributed by atoms with Crippen molar-refractivity contribution in [2.24, 2.45) is 0 Å². The molecule has 1 heterocycles. The van der Waals surface area contributed by atoms with Gasteiger partial charge in [-0.2, -0.15) is 0 Å². The van der Waals surface area contributed by atoms with Gasteiger partial charge in [0.25, 0.3) is 0 Å². The number of hydrogen-bond acceptors (Lipinski definition) is 1. The minimum absolute atomic E-state index is 0.0456. The van der Waals surface area contributed by atoms with Gasteiger partial charge < -0.3 is 4.42 Å². The third kappa shape index (κ3) is 0.948. The molecule has 0 unspecified atom stereocenters. The summed E-state index contributed by atoms with van der Waals surface area (Å²) in [4.78, 5) is 0. The second-order valence-corrected chi connectivity index (χ2v) is 3.17. The Morgan fingerprint density at radius 2 is 2.08 bits per heavy atom. The van der Waals surface area contributed by atoms with Gasteiger partial charge in [0.05, 0.1) is 16.1 Å². The van der Waals surface area contributed by atoms with Crippen LogP contribution < -0.4 is 0 Å². The number of furan rings is 1. The van der Waals surface area contributed by atoms with Crippen molar-refractivity contribution in [3.8, 4) is 0 Å². The number of fused-ring (bicyclic) bond motifs is 1. The Labute approximate surface area is 75.1 Å². The summed E-state index contributed by atoms with van der Waals surface area (Å²) >= 11 is 2.90. The highest BCUT2D eigenvalue weighted by atomic mass is 79.9. The van der Waals surface area contributed by atoms with Gasteiger partial charge in [-0.25, -0.2) is 8.78 Å². The second-order valence-electron chi connectivity index (χ2n) is 2.32. The van der Waals surface area contributed by atoms with Crippen LogP contribution >= 0.6 is 15.9 Å². The Kier molecular flexibility index (Phi) is 1.65. The molecule has 0 radical (unpaired) electrons. The van der Waals surface area contributed by atoms with Crippen molar-refractivity contribution in [3.05, 3.63) is 34.5 Å². The number of hydrogen-bond donors (Lipinski definition) is 0. The third-order valence-electron chi connectivity index (χ3n) is 1.58. The zero-order valence-corrected chi connectivity index (χ0v) is 7.36. The predicted molar refractivity (Wildman–Crippen MR) is 43.8 cm³/mol. The SMILES string of the molecule is Fc1c(Br)cc(F)c2occc12. The first kappa shape index (κ1) is 7.73. The highest BCUT2D eigenvalue weighted by Gasteiger charge is 2.12. The van der Waals surface area contributed by atoms with E-state index in [1.54, 1.807) is 0 Å². The maximum atomic E-state index is 13.1. The van der Waals surface area contributed by atoms with Crippen molar-refractivity contribution >= 4 is 26.9 Å². The summed E-state index contributed by atoms with van der Waals surface area (Å²) in [5.41, 5.74) is -0.0456. The Morgan fingerprint density at radius 1 is 1.33 bits per heavy atom. The standard InChI is InChI=1S/C8H3BrF2O/c9-5-3-6(10)8-4(7(5)11)1-2-12-8/h1-3H. The van der Waals surface area contributed by atoms with Crippen LogP contribution in [0.5, 0.6) is 0 Å². The first-order chi connectivity index (χ1) is 5.70. The van der Waals surface area contributed by atoms with Crippen LogP contribution in [-0.2, 0) is 0 Å². The van der Waals surface area contributed by atoms with Gasteiger partial charge in [0.1, 0.15) is 5.82 Å². The van der Waals surface area contributed by atoms with Crippen LogP contribution in [0.15, 0.2) is 27.3 Å². The van der Waals surface area contributed by atoms with Crippen molar-refractivity contribution in [1.29, 1.82) is 0 Å². The number of rotatable bonds is 0. The smallest absolute Gasteiger partial charge is 0.172 e. The van der Waals surface area contributed by atoms with E-state index in [4.69, 9.17) is 4.42 Å². The van der Waals surface area contributed by atoms with Crippen LogP contribution in [-0.4, -0.2) is 0 Å². The zero-order chi connectivity index (χ0) is 8.72. The normalized spacial score (nSPS) is 10.9. The van der Waals surface area contributed by atoms with E-state index < -0.39 is 11.6 Å². The summed E-state index contributed by atoms with van der Waals surface area (Å²) < 4.78 is 31.0. The van der Waals surface area contributed by atoms with Crippen molar-refractivity contribution in [2.45, 2.75) is 0 Å². The van der Waals surface area contributed by atoms with Crippen molar-refractivity contribution in [2.75, 3.05) is 0 Å². The largest absolute Gasteiger partial charge is 0.461 e. The Hall–Kier alpha value is -0.900. The first-order valence-corrected chi connectivity index (χ1v) is 4.00. The fourth-order valence-corrected chi connectivity index (χ4v) is 1.45. The van der Waals surface area contributed by atoms with Crippen LogP contribution in [0.4, 0.5) is 8.78 Å². The summed E-state index contributed by atoms with van der Waals surface area (Å²) in [5, 5.41) is 0.155. The highest BCUT2D eigenvalue weighted by Crippen LogP contribution is 2.27. The first-order valence-electron chi connectivity index (χ1n) is 3.21. The van der Waals surface area contributed by atoms with Crippen LogP contribution in [0.2, 0.25) is 0 Å². The van der Waals surface area contributed by atoms with Gasteiger partial charge in [-0.1, -0.05) is 0 Å². The van der Waals surface area contributed by atoms with E-state index in [2.05, 4.69) is 15.9 Å². The lowest BCUT2D eigenvalue weighted by Crippen LogP contribution is -1.82. The number of halogens is 3. The molecule has 0 spiro atoms. The fourth-order valence-electron chi connectivity index (χ4n) is 1.04. The quantitative estimate of drug-likeness (QED) is 0.635. The van der Waals surface area contributed by atoms with E-state index in [1.807, 2.05) is 0 Å². The van der Waals surface area contributed by atoms with Crippen molar-refractivity contribution in [3.63, 3.8) is 0 Å². The monoisotopic (exact) mass is 232 g/mol. The van der Waals surface area contributed by atoms with Crippen molar-refractivity contribution in [1.82, 2.24) is 0 Å². The summed E-state index contributed by atoms with van der Waals surface area (Å²) in [6.45, 7) is 0. The lowest BCUT2D eigenvalue weighted by molar-refractivity contribution is 0.553. The second kappa shape index (κ2) is 2.55.